The minimum Gasteiger partial charge on any atom is -0.481 e. The molecule has 3 rings (SSSR count). The Labute approximate surface area is 161 Å². The lowest BCUT2D eigenvalue weighted by atomic mass is 10.1. The van der Waals surface area contributed by atoms with Crippen LogP contribution in [0.4, 0.5) is 0 Å². The van der Waals surface area contributed by atoms with E-state index in [4.69, 9.17) is 9.47 Å². The van der Waals surface area contributed by atoms with Crippen molar-refractivity contribution in [1.82, 2.24) is 10.2 Å². The second-order valence-corrected chi connectivity index (χ2v) is 7.00. The van der Waals surface area contributed by atoms with Crippen LogP contribution in [0.5, 0.6) is 5.75 Å². The molecular weight excluding hydrogens is 340 g/mol. The van der Waals surface area contributed by atoms with Crippen LogP contribution < -0.4 is 10.1 Å². The van der Waals surface area contributed by atoms with Crippen LogP contribution in [0.25, 0.3) is 0 Å². The number of carbonyl (C=O) groups is 1. The summed E-state index contributed by atoms with van der Waals surface area (Å²) >= 11 is 0. The molecule has 27 heavy (non-hydrogen) atoms. The van der Waals surface area contributed by atoms with Gasteiger partial charge in [0.1, 0.15) is 5.75 Å². The number of rotatable bonds is 7. The highest BCUT2D eigenvalue weighted by molar-refractivity contribution is 5.80. The SMILES string of the molecule is Cc1ccc(OC(C)C(=O)NCc2cccc(CN3CCOCC3)c2)cc1. The van der Waals surface area contributed by atoms with Crippen LogP contribution in [-0.4, -0.2) is 43.2 Å². The van der Waals surface area contributed by atoms with E-state index in [1.165, 1.54) is 5.56 Å². The average molecular weight is 368 g/mol. The largest absolute Gasteiger partial charge is 0.481 e. The highest BCUT2D eigenvalue weighted by Gasteiger charge is 2.15. The van der Waals surface area contributed by atoms with E-state index in [1.807, 2.05) is 43.3 Å². The number of nitrogens with zero attached hydrogens (tertiary/aromatic N) is 1. The summed E-state index contributed by atoms with van der Waals surface area (Å²) in [5.41, 5.74) is 3.51. The van der Waals surface area contributed by atoms with Gasteiger partial charge in [-0.1, -0.05) is 42.0 Å². The summed E-state index contributed by atoms with van der Waals surface area (Å²) in [4.78, 5) is 14.7. The van der Waals surface area contributed by atoms with E-state index in [9.17, 15) is 4.79 Å². The molecule has 0 spiro atoms. The number of hydrogen-bond donors (Lipinski definition) is 1. The summed E-state index contributed by atoms with van der Waals surface area (Å²) in [7, 11) is 0. The van der Waals surface area contributed by atoms with Gasteiger partial charge in [0.2, 0.25) is 0 Å². The van der Waals surface area contributed by atoms with Crippen molar-refractivity contribution < 1.29 is 14.3 Å². The topological polar surface area (TPSA) is 50.8 Å². The van der Waals surface area contributed by atoms with Gasteiger partial charge in [-0.05, 0) is 37.1 Å². The fraction of sp³-hybridized carbons (Fsp3) is 0.409. The third-order valence-corrected chi connectivity index (χ3v) is 4.67. The molecule has 0 saturated carbocycles. The second-order valence-electron chi connectivity index (χ2n) is 7.00. The lowest BCUT2D eigenvalue weighted by Gasteiger charge is -2.26. The van der Waals surface area contributed by atoms with Crippen molar-refractivity contribution in [3.63, 3.8) is 0 Å². The van der Waals surface area contributed by atoms with E-state index in [1.54, 1.807) is 6.92 Å². The summed E-state index contributed by atoms with van der Waals surface area (Å²) < 4.78 is 11.1. The molecule has 1 aliphatic rings. The van der Waals surface area contributed by atoms with E-state index in [0.29, 0.717) is 12.3 Å². The maximum absolute atomic E-state index is 12.3. The Hall–Kier alpha value is -2.37. The molecular formula is C22H28N2O3. The minimum absolute atomic E-state index is 0.117. The Kier molecular flexibility index (Phi) is 6.85. The summed E-state index contributed by atoms with van der Waals surface area (Å²) in [6.07, 6.45) is -0.538. The molecule has 0 radical (unpaired) electrons. The van der Waals surface area contributed by atoms with Crippen LogP contribution in [0, 0.1) is 6.92 Å². The number of carbonyl (C=O) groups excluding carboxylic acids is 1. The van der Waals surface area contributed by atoms with Gasteiger partial charge in [0.05, 0.1) is 13.2 Å². The fourth-order valence-electron chi connectivity index (χ4n) is 3.06. The Morgan fingerprint density at radius 2 is 1.85 bits per heavy atom. The summed E-state index contributed by atoms with van der Waals surface area (Å²) in [5, 5.41) is 2.96. The van der Waals surface area contributed by atoms with Crippen LogP contribution in [0.1, 0.15) is 23.6 Å². The van der Waals surface area contributed by atoms with Gasteiger partial charge in [0.15, 0.2) is 6.10 Å². The van der Waals surface area contributed by atoms with Gasteiger partial charge >= 0.3 is 0 Å². The van der Waals surface area contributed by atoms with Crippen LogP contribution in [0.15, 0.2) is 48.5 Å². The monoisotopic (exact) mass is 368 g/mol. The summed E-state index contributed by atoms with van der Waals surface area (Å²) in [6.45, 7) is 8.74. The van der Waals surface area contributed by atoms with Gasteiger partial charge in [-0.3, -0.25) is 9.69 Å². The molecule has 1 heterocycles. The molecule has 1 atom stereocenters. The van der Waals surface area contributed by atoms with Gasteiger partial charge in [-0.2, -0.15) is 0 Å². The molecule has 0 aliphatic carbocycles. The normalized spacial score (nSPS) is 15.9. The first kappa shape index (κ1) is 19.4. The number of morpholine rings is 1. The van der Waals surface area contributed by atoms with Crippen LogP contribution in [-0.2, 0) is 22.6 Å². The molecule has 1 unspecified atom stereocenters. The lowest BCUT2D eigenvalue weighted by molar-refractivity contribution is -0.127. The van der Waals surface area contributed by atoms with Crippen molar-refractivity contribution in [2.75, 3.05) is 26.3 Å². The number of nitrogens with one attached hydrogen (secondary N) is 1. The first-order chi connectivity index (χ1) is 13.1. The molecule has 5 heteroatoms. The molecule has 2 aromatic rings. The lowest BCUT2D eigenvalue weighted by Crippen LogP contribution is -2.36. The zero-order valence-electron chi connectivity index (χ0n) is 16.1. The van der Waals surface area contributed by atoms with Gasteiger partial charge in [-0.25, -0.2) is 0 Å². The van der Waals surface area contributed by atoms with Crippen molar-refractivity contribution in [2.45, 2.75) is 33.0 Å². The molecule has 1 amide bonds. The third kappa shape index (κ3) is 6.08. The first-order valence-corrected chi connectivity index (χ1v) is 9.49. The summed E-state index contributed by atoms with van der Waals surface area (Å²) in [5.74, 6) is 0.588. The number of hydrogen-bond acceptors (Lipinski definition) is 4. The van der Waals surface area contributed by atoms with Crippen molar-refractivity contribution in [3.8, 4) is 5.75 Å². The molecule has 1 N–H and O–H groups in total. The standard InChI is InChI=1S/C22H28N2O3/c1-17-6-8-21(9-7-17)27-18(2)22(25)23-15-19-4-3-5-20(14-19)16-24-10-12-26-13-11-24/h3-9,14,18H,10-13,15-16H2,1-2H3,(H,23,25). The van der Waals surface area contributed by atoms with E-state index in [2.05, 4.69) is 22.3 Å². The van der Waals surface area contributed by atoms with E-state index >= 15 is 0 Å². The van der Waals surface area contributed by atoms with Gasteiger partial charge in [0, 0.05) is 26.2 Å². The van der Waals surface area contributed by atoms with Gasteiger partial charge in [0.25, 0.3) is 5.91 Å². The van der Waals surface area contributed by atoms with Crippen molar-refractivity contribution >= 4 is 5.91 Å². The first-order valence-electron chi connectivity index (χ1n) is 9.49. The third-order valence-electron chi connectivity index (χ3n) is 4.67. The van der Waals surface area contributed by atoms with Crippen molar-refractivity contribution in [2.24, 2.45) is 0 Å². The smallest absolute Gasteiger partial charge is 0.261 e. The molecule has 0 bridgehead atoms. The molecule has 1 saturated heterocycles. The second kappa shape index (κ2) is 9.53. The molecule has 0 aromatic heterocycles. The van der Waals surface area contributed by atoms with E-state index < -0.39 is 6.10 Å². The Balaban J connectivity index is 1.49. The molecule has 144 valence electrons. The Morgan fingerprint density at radius 3 is 2.59 bits per heavy atom. The number of aryl methyl sites for hydroxylation is 1. The average Bonchev–Trinajstić information content (AvgIpc) is 2.69. The maximum Gasteiger partial charge on any atom is 0.261 e. The molecule has 2 aromatic carbocycles. The highest BCUT2D eigenvalue weighted by Crippen LogP contribution is 2.14. The van der Waals surface area contributed by atoms with Crippen LogP contribution in [0.3, 0.4) is 0 Å². The van der Waals surface area contributed by atoms with Gasteiger partial charge in [-0.15, -0.1) is 0 Å². The zero-order chi connectivity index (χ0) is 19.1. The predicted octanol–water partition coefficient (Wildman–Crippen LogP) is 2.91. The van der Waals surface area contributed by atoms with Crippen molar-refractivity contribution in [1.29, 1.82) is 0 Å². The quantitative estimate of drug-likeness (QED) is 0.816. The minimum atomic E-state index is -0.538. The van der Waals surface area contributed by atoms with Crippen LogP contribution in [0.2, 0.25) is 0 Å². The maximum atomic E-state index is 12.3. The Morgan fingerprint density at radius 1 is 1.15 bits per heavy atom. The van der Waals surface area contributed by atoms with E-state index in [-0.39, 0.29) is 5.91 Å². The molecule has 1 aliphatic heterocycles. The predicted molar refractivity (Wildman–Crippen MR) is 106 cm³/mol. The van der Waals surface area contributed by atoms with E-state index in [0.717, 1.165) is 44.0 Å². The Bertz CT molecular complexity index is 739. The fourth-order valence-corrected chi connectivity index (χ4v) is 3.06. The number of ether oxygens (including phenoxy) is 2. The number of amides is 1. The zero-order valence-corrected chi connectivity index (χ0v) is 16.1. The van der Waals surface area contributed by atoms with Crippen molar-refractivity contribution in [3.05, 3.63) is 65.2 Å². The van der Waals surface area contributed by atoms with Gasteiger partial charge < -0.3 is 14.8 Å². The molecule has 5 nitrogen and oxygen atoms in total. The van der Waals surface area contributed by atoms with Crippen LogP contribution >= 0.6 is 0 Å². The number of benzene rings is 2. The highest BCUT2D eigenvalue weighted by atomic mass is 16.5. The molecule has 1 fully saturated rings. The summed E-state index contributed by atoms with van der Waals surface area (Å²) in [6, 6.07) is 16.1.